The van der Waals surface area contributed by atoms with Gasteiger partial charge in [-0.15, -0.1) is 0 Å². The molecule has 0 aliphatic heterocycles. The molecule has 0 radical (unpaired) electrons. The molecule has 0 amide bonds. The zero-order valence-corrected chi connectivity index (χ0v) is 11.3. The molecule has 0 aliphatic carbocycles. The maximum atomic E-state index is 5.53. The van der Waals surface area contributed by atoms with Crippen LogP contribution in [0, 0.1) is 0 Å². The lowest BCUT2D eigenvalue weighted by atomic mass is 9.85. The zero-order chi connectivity index (χ0) is 13.1. The Labute approximate surface area is 104 Å². The molecule has 4 N–H and O–H groups in total. The number of rotatable bonds is 4. The van der Waals surface area contributed by atoms with E-state index in [2.05, 4.69) is 43.6 Å². The monoisotopic (exact) mass is 237 g/mol. The minimum atomic E-state index is -0.118. The molecule has 1 aromatic carbocycles. The van der Waals surface area contributed by atoms with Crippen molar-refractivity contribution in [1.82, 2.24) is 10.7 Å². The van der Waals surface area contributed by atoms with Crippen LogP contribution in [0.2, 0.25) is 0 Å². The number of ether oxygens (including phenoxy) is 1. The molecular formula is C13H23N3O. The minimum absolute atomic E-state index is 0.105. The highest BCUT2D eigenvalue weighted by molar-refractivity contribution is 5.41. The normalized spacial score (nSPS) is 13.5. The Bertz CT molecular complexity index is 367. The van der Waals surface area contributed by atoms with Crippen LogP contribution in [0.5, 0.6) is 5.75 Å². The lowest BCUT2D eigenvalue weighted by Crippen LogP contribution is -2.37. The summed E-state index contributed by atoms with van der Waals surface area (Å²) in [5.74, 6) is 6.36. The van der Waals surface area contributed by atoms with Crippen LogP contribution >= 0.6 is 0 Å². The first kappa shape index (κ1) is 14.0. The lowest BCUT2D eigenvalue weighted by molar-refractivity contribution is 0.390. The second kappa shape index (κ2) is 5.49. The molecule has 0 saturated carbocycles. The van der Waals surface area contributed by atoms with Crippen molar-refractivity contribution < 1.29 is 4.74 Å². The van der Waals surface area contributed by atoms with Crippen molar-refractivity contribution in [2.75, 3.05) is 14.2 Å². The quantitative estimate of drug-likeness (QED) is 0.423. The average Bonchev–Trinajstić information content (AvgIpc) is 2.29. The SMILES string of the molecule is CNC(NN)c1cc(C(C)(C)C)ccc1OC. The molecule has 0 heterocycles. The molecule has 0 spiro atoms. The van der Waals surface area contributed by atoms with Crippen molar-refractivity contribution in [2.45, 2.75) is 32.4 Å². The molecule has 1 aromatic rings. The predicted molar refractivity (Wildman–Crippen MR) is 70.8 cm³/mol. The van der Waals surface area contributed by atoms with Gasteiger partial charge >= 0.3 is 0 Å². The van der Waals surface area contributed by atoms with E-state index < -0.39 is 0 Å². The third kappa shape index (κ3) is 3.19. The summed E-state index contributed by atoms with van der Waals surface area (Å²) in [6.07, 6.45) is -0.118. The molecule has 0 saturated heterocycles. The van der Waals surface area contributed by atoms with Gasteiger partial charge in [0, 0.05) is 5.56 Å². The number of hydrazine groups is 1. The van der Waals surface area contributed by atoms with E-state index in [9.17, 15) is 0 Å². The minimum Gasteiger partial charge on any atom is -0.496 e. The highest BCUT2D eigenvalue weighted by Gasteiger charge is 2.19. The summed E-state index contributed by atoms with van der Waals surface area (Å²) in [7, 11) is 3.52. The summed E-state index contributed by atoms with van der Waals surface area (Å²) in [5, 5.41) is 3.11. The van der Waals surface area contributed by atoms with Crippen LogP contribution < -0.4 is 21.3 Å². The standard InChI is InChI=1S/C13H23N3O/c1-13(2,3)9-6-7-11(17-5)10(8-9)12(15-4)16-14/h6-8,12,15-16H,14H2,1-5H3. The summed E-state index contributed by atoms with van der Waals surface area (Å²) in [6.45, 7) is 6.55. The molecule has 0 fully saturated rings. The molecule has 4 heteroatoms. The van der Waals surface area contributed by atoms with Gasteiger partial charge in [-0.1, -0.05) is 26.8 Å². The maximum Gasteiger partial charge on any atom is 0.125 e. The Hall–Kier alpha value is -1.10. The van der Waals surface area contributed by atoms with E-state index in [1.165, 1.54) is 5.56 Å². The third-order valence-corrected chi connectivity index (χ3v) is 2.86. The van der Waals surface area contributed by atoms with Crippen LogP contribution in [0.4, 0.5) is 0 Å². The van der Waals surface area contributed by atoms with Crippen LogP contribution in [0.1, 0.15) is 38.1 Å². The molecule has 1 atom stereocenters. The molecular weight excluding hydrogens is 214 g/mol. The summed E-state index contributed by atoms with van der Waals surface area (Å²) in [6, 6.07) is 6.20. The summed E-state index contributed by atoms with van der Waals surface area (Å²) in [5.41, 5.74) is 5.11. The first-order chi connectivity index (χ1) is 7.93. The van der Waals surface area contributed by atoms with Gasteiger partial charge in [0.1, 0.15) is 5.75 Å². The average molecular weight is 237 g/mol. The second-order valence-electron chi connectivity index (χ2n) is 5.10. The van der Waals surface area contributed by atoms with Crippen LogP contribution in [-0.4, -0.2) is 14.2 Å². The number of hydrogen-bond donors (Lipinski definition) is 3. The van der Waals surface area contributed by atoms with E-state index in [4.69, 9.17) is 10.6 Å². The largest absolute Gasteiger partial charge is 0.496 e. The Balaban J connectivity index is 3.24. The van der Waals surface area contributed by atoms with Crippen molar-refractivity contribution >= 4 is 0 Å². The second-order valence-corrected chi connectivity index (χ2v) is 5.10. The Morgan fingerprint density at radius 1 is 1.29 bits per heavy atom. The van der Waals surface area contributed by atoms with Crippen LogP contribution in [-0.2, 0) is 5.41 Å². The summed E-state index contributed by atoms with van der Waals surface area (Å²) in [4.78, 5) is 0. The molecule has 0 aromatic heterocycles. The summed E-state index contributed by atoms with van der Waals surface area (Å²) < 4.78 is 5.36. The smallest absolute Gasteiger partial charge is 0.125 e. The van der Waals surface area contributed by atoms with Crippen molar-refractivity contribution in [3.05, 3.63) is 29.3 Å². The van der Waals surface area contributed by atoms with Gasteiger partial charge in [-0.3, -0.25) is 5.84 Å². The van der Waals surface area contributed by atoms with E-state index in [1.807, 2.05) is 13.1 Å². The number of nitrogens with one attached hydrogen (secondary N) is 2. The van der Waals surface area contributed by atoms with Crippen LogP contribution in [0.25, 0.3) is 0 Å². The van der Waals surface area contributed by atoms with E-state index in [0.29, 0.717) is 0 Å². The van der Waals surface area contributed by atoms with Crippen molar-refractivity contribution in [3.8, 4) is 5.75 Å². The van der Waals surface area contributed by atoms with Gasteiger partial charge in [0.15, 0.2) is 0 Å². The molecule has 0 aliphatic rings. The molecule has 17 heavy (non-hydrogen) atoms. The number of nitrogens with two attached hydrogens (primary N) is 1. The van der Waals surface area contributed by atoms with E-state index >= 15 is 0 Å². The molecule has 1 rings (SSSR count). The van der Waals surface area contributed by atoms with Crippen molar-refractivity contribution in [2.24, 2.45) is 5.84 Å². The van der Waals surface area contributed by atoms with E-state index in [1.54, 1.807) is 7.11 Å². The maximum absolute atomic E-state index is 5.53. The zero-order valence-electron chi connectivity index (χ0n) is 11.3. The van der Waals surface area contributed by atoms with Gasteiger partial charge in [-0.05, 0) is 30.2 Å². The highest BCUT2D eigenvalue weighted by Crippen LogP contribution is 2.30. The molecule has 96 valence electrons. The van der Waals surface area contributed by atoms with Gasteiger partial charge in [0.05, 0.1) is 13.3 Å². The predicted octanol–water partition coefficient (Wildman–Crippen LogP) is 1.67. The molecule has 1 unspecified atom stereocenters. The third-order valence-electron chi connectivity index (χ3n) is 2.86. The van der Waals surface area contributed by atoms with Gasteiger partial charge in [0.2, 0.25) is 0 Å². The fourth-order valence-corrected chi connectivity index (χ4v) is 1.76. The van der Waals surface area contributed by atoms with Crippen LogP contribution in [0.3, 0.4) is 0 Å². The van der Waals surface area contributed by atoms with Gasteiger partial charge in [-0.2, -0.15) is 0 Å². The topological polar surface area (TPSA) is 59.3 Å². The number of hydrogen-bond acceptors (Lipinski definition) is 4. The van der Waals surface area contributed by atoms with Crippen molar-refractivity contribution in [3.63, 3.8) is 0 Å². The van der Waals surface area contributed by atoms with Crippen LogP contribution in [0.15, 0.2) is 18.2 Å². The van der Waals surface area contributed by atoms with Crippen molar-refractivity contribution in [1.29, 1.82) is 0 Å². The first-order valence-corrected chi connectivity index (χ1v) is 5.76. The fourth-order valence-electron chi connectivity index (χ4n) is 1.76. The number of benzene rings is 1. The molecule has 4 nitrogen and oxygen atoms in total. The molecule has 0 bridgehead atoms. The van der Waals surface area contributed by atoms with E-state index in [0.717, 1.165) is 11.3 Å². The highest BCUT2D eigenvalue weighted by atomic mass is 16.5. The Morgan fingerprint density at radius 2 is 1.94 bits per heavy atom. The van der Waals surface area contributed by atoms with Gasteiger partial charge in [0.25, 0.3) is 0 Å². The fraction of sp³-hybridized carbons (Fsp3) is 0.538. The first-order valence-electron chi connectivity index (χ1n) is 5.76. The lowest BCUT2D eigenvalue weighted by Gasteiger charge is -2.24. The van der Waals surface area contributed by atoms with Gasteiger partial charge in [-0.25, -0.2) is 5.43 Å². The summed E-state index contributed by atoms with van der Waals surface area (Å²) >= 11 is 0. The number of methoxy groups -OCH3 is 1. The van der Waals surface area contributed by atoms with Gasteiger partial charge < -0.3 is 10.1 Å². The Morgan fingerprint density at radius 3 is 2.35 bits per heavy atom. The van der Waals surface area contributed by atoms with E-state index in [-0.39, 0.29) is 11.6 Å². The Kier molecular flexibility index (Phi) is 4.51.